The summed E-state index contributed by atoms with van der Waals surface area (Å²) >= 11 is 3.09. The summed E-state index contributed by atoms with van der Waals surface area (Å²) in [6.45, 7) is 3.08. The minimum atomic E-state index is -4.10. The molecule has 0 saturated heterocycles. The van der Waals surface area contributed by atoms with E-state index in [9.17, 15) is 18.5 Å². The summed E-state index contributed by atoms with van der Waals surface area (Å²) in [6, 6.07) is 2.96. The topological polar surface area (TPSA) is 110 Å². The number of nitro benzene ring substituents is 1. The highest BCUT2D eigenvalue weighted by atomic mass is 79.9. The molecule has 0 aliphatic heterocycles. The summed E-state index contributed by atoms with van der Waals surface area (Å²) in [4.78, 5) is 9.72. The molecule has 0 unspecified atom stereocenters. The summed E-state index contributed by atoms with van der Waals surface area (Å²) in [5.41, 5.74) is -0.513. The van der Waals surface area contributed by atoms with Crippen LogP contribution in [0.5, 0.6) is 0 Å². The fraction of sp³-hybridized carbons (Fsp3) is 0.455. The molecule has 20 heavy (non-hydrogen) atoms. The number of sulfonamides is 1. The van der Waals surface area contributed by atoms with Gasteiger partial charge in [0.1, 0.15) is 0 Å². The number of nitrogens with zero attached hydrogens (tertiary/aromatic N) is 1. The monoisotopic (exact) mass is 366 g/mol. The lowest BCUT2D eigenvalue weighted by atomic mass is 10.1. The minimum absolute atomic E-state index is 0.152. The van der Waals surface area contributed by atoms with Gasteiger partial charge in [-0.15, -0.1) is 0 Å². The SMILES string of the molecule is CC(C)[C@@H](CO)NS(=O)(=O)c1cc(Br)ccc1[N+](=O)[O-]. The Morgan fingerprint density at radius 1 is 1.45 bits per heavy atom. The smallest absolute Gasteiger partial charge is 0.289 e. The summed E-state index contributed by atoms with van der Waals surface area (Å²) in [5.74, 6) is -0.152. The maximum Gasteiger partial charge on any atom is 0.289 e. The second-order valence-electron chi connectivity index (χ2n) is 4.52. The molecule has 1 aromatic rings. The average molecular weight is 367 g/mol. The van der Waals surface area contributed by atoms with Gasteiger partial charge in [-0.3, -0.25) is 10.1 Å². The molecule has 0 fully saturated rings. The van der Waals surface area contributed by atoms with Crippen molar-refractivity contribution < 1.29 is 18.4 Å². The number of halogens is 1. The van der Waals surface area contributed by atoms with Crippen LogP contribution < -0.4 is 4.72 Å². The third kappa shape index (κ3) is 3.98. The Kier molecular flexibility index (Phi) is 5.63. The number of nitro groups is 1. The Hall–Kier alpha value is -1.03. The average Bonchev–Trinajstić information content (AvgIpc) is 2.35. The summed E-state index contributed by atoms with van der Waals surface area (Å²) in [5, 5.41) is 20.1. The Morgan fingerprint density at radius 3 is 2.50 bits per heavy atom. The Balaban J connectivity index is 3.28. The Labute approximate surface area is 125 Å². The van der Waals surface area contributed by atoms with E-state index in [-0.39, 0.29) is 5.92 Å². The molecular weight excluding hydrogens is 352 g/mol. The van der Waals surface area contributed by atoms with E-state index in [1.54, 1.807) is 13.8 Å². The fourth-order valence-electron chi connectivity index (χ4n) is 1.50. The molecule has 0 spiro atoms. The molecule has 1 aromatic carbocycles. The summed E-state index contributed by atoms with van der Waals surface area (Å²) in [6.07, 6.45) is 0. The van der Waals surface area contributed by atoms with E-state index >= 15 is 0 Å². The molecule has 0 amide bonds. The van der Waals surface area contributed by atoms with Gasteiger partial charge in [-0.05, 0) is 18.1 Å². The Morgan fingerprint density at radius 2 is 2.05 bits per heavy atom. The van der Waals surface area contributed by atoms with E-state index in [1.165, 1.54) is 6.07 Å². The van der Waals surface area contributed by atoms with Gasteiger partial charge < -0.3 is 5.11 Å². The lowest BCUT2D eigenvalue weighted by Gasteiger charge is -2.19. The van der Waals surface area contributed by atoms with Crippen molar-refractivity contribution in [2.24, 2.45) is 5.92 Å². The molecule has 112 valence electrons. The first-order valence-electron chi connectivity index (χ1n) is 5.76. The molecule has 1 atom stereocenters. The van der Waals surface area contributed by atoms with Gasteiger partial charge in [-0.25, -0.2) is 13.1 Å². The first-order chi connectivity index (χ1) is 9.19. The first kappa shape index (κ1) is 17.0. The van der Waals surface area contributed by atoms with Crippen LogP contribution in [0.1, 0.15) is 13.8 Å². The van der Waals surface area contributed by atoms with Crippen LogP contribution in [-0.4, -0.2) is 31.1 Å². The van der Waals surface area contributed by atoms with Gasteiger partial charge >= 0.3 is 0 Å². The van der Waals surface area contributed by atoms with Crippen molar-refractivity contribution in [2.45, 2.75) is 24.8 Å². The third-order valence-electron chi connectivity index (χ3n) is 2.72. The standard InChI is InChI=1S/C11H15BrN2O5S/c1-7(2)9(6-15)13-20(18,19)11-5-8(12)3-4-10(11)14(16)17/h3-5,7,9,13,15H,6H2,1-2H3/t9-/m1/s1. The molecule has 0 heterocycles. The van der Waals surface area contributed by atoms with Crippen molar-refractivity contribution in [1.82, 2.24) is 4.72 Å². The number of hydrogen-bond acceptors (Lipinski definition) is 5. The normalized spacial score (nSPS) is 13.4. The molecule has 1 rings (SSSR count). The van der Waals surface area contributed by atoms with Crippen LogP contribution in [0.2, 0.25) is 0 Å². The van der Waals surface area contributed by atoms with E-state index in [2.05, 4.69) is 20.7 Å². The van der Waals surface area contributed by atoms with Crippen LogP contribution in [0.3, 0.4) is 0 Å². The van der Waals surface area contributed by atoms with Crippen molar-refractivity contribution in [3.63, 3.8) is 0 Å². The summed E-state index contributed by atoms with van der Waals surface area (Å²) < 4.78 is 27.2. The predicted molar refractivity (Wildman–Crippen MR) is 76.8 cm³/mol. The van der Waals surface area contributed by atoms with Crippen molar-refractivity contribution in [2.75, 3.05) is 6.61 Å². The highest BCUT2D eigenvalue weighted by molar-refractivity contribution is 9.10. The number of rotatable bonds is 6. The first-order valence-corrected chi connectivity index (χ1v) is 8.03. The number of aliphatic hydroxyl groups excluding tert-OH is 1. The highest BCUT2D eigenvalue weighted by Gasteiger charge is 2.29. The van der Waals surface area contributed by atoms with Crippen molar-refractivity contribution in [1.29, 1.82) is 0 Å². The van der Waals surface area contributed by atoms with E-state index in [4.69, 9.17) is 5.11 Å². The van der Waals surface area contributed by atoms with Gasteiger partial charge in [0.25, 0.3) is 5.69 Å². The van der Waals surface area contributed by atoms with Crippen molar-refractivity contribution >= 4 is 31.6 Å². The molecule has 0 aliphatic carbocycles. The molecule has 2 N–H and O–H groups in total. The van der Waals surface area contributed by atoms with Crippen LogP contribution in [-0.2, 0) is 10.0 Å². The molecule has 0 aromatic heterocycles. The second-order valence-corrected chi connectivity index (χ2v) is 7.12. The zero-order chi connectivity index (χ0) is 15.5. The molecule has 0 saturated carbocycles. The lowest BCUT2D eigenvalue weighted by Crippen LogP contribution is -2.41. The van der Waals surface area contributed by atoms with Crippen molar-refractivity contribution in [3.8, 4) is 0 Å². The van der Waals surface area contributed by atoms with Crippen LogP contribution in [0.4, 0.5) is 5.69 Å². The Bertz CT molecular complexity index is 603. The number of aliphatic hydroxyl groups is 1. The molecular formula is C11H15BrN2O5S. The van der Waals surface area contributed by atoms with Gasteiger partial charge in [0.2, 0.25) is 10.0 Å². The van der Waals surface area contributed by atoms with E-state index in [0.29, 0.717) is 4.47 Å². The van der Waals surface area contributed by atoms with Gasteiger partial charge in [0, 0.05) is 16.6 Å². The lowest BCUT2D eigenvalue weighted by molar-refractivity contribution is -0.387. The zero-order valence-corrected chi connectivity index (χ0v) is 13.3. The predicted octanol–water partition coefficient (Wildman–Crippen LogP) is 1.65. The van der Waals surface area contributed by atoms with E-state index in [0.717, 1.165) is 12.1 Å². The summed E-state index contributed by atoms with van der Waals surface area (Å²) in [7, 11) is -4.10. The van der Waals surface area contributed by atoms with Gasteiger partial charge in [0.05, 0.1) is 11.5 Å². The van der Waals surface area contributed by atoms with E-state index in [1.807, 2.05) is 0 Å². The molecule has 0 aliphatic rings. The number of benzene rings is 1. The van der Waals surface area contributed by atoms with Gasteiger partial charge in [-0.2, -0.15) is 0 Å². The van der Waals surface area contributed by atoms with Crippen LogP contribution in [0.25, 0.3) is 0 Å². The quantitative estimate of drug-likeness (QED) is 0.587. The second kappa shape index (κ2) is 6.61. The molecule has 9 heteroatoms. The minimum Gasteiger partial charge on any atom is -0.395 e. The molecule has 0 bridgehead atoms. The van der Waals surface area contributed by atoms with Crippen molar-refractivity contribution in [3.05, 3.63) is 32.8 Å². The number of nitrogens with one attached hydrogen (secondary N) is 1. The third-order valence-corrected chi connectivity index (χ3v) is 4.73. The maximum atomic E-state index is 12.2. The van der Waals surface area contributed by atoms with Crippen LogP contribution in [0.15, 0.2) is 27.6 Å². The molecule has 7 nitrogen and oxygen atoms in total. The molecule has 0 radical (unpaired) electrons. The zero-order valence-electron chi connectivity index (χ0n) is 10.9. The van der Waals surface area contributed by atoms with Gasteiger partial charge in [-0.1, -0.05) is 29.8 Å². The van der Waals surface area contributed by atoms with Gasteiger partial charge in [0.15, 0.2) is 4.90 Å². The van der Waals surface area contributed by atoms with E-state index < -0.39 is 38.2 Å². The fourth-order valence-corrected chi connectivity index (χ4v) is 3.59. The highest BCUT2D eigenvalue weighted by Crippen LogP contribution is 2.27. The largest absolute Gasteiger partial charge is 0.395 e. The number of hydrogen-bond donors (Lipinski definition) is 2. The van der Waals surface area contributed by atoms with Crippen LogP contribution >= 0.6 is 15.9 Å². The maximum absolute atomic E-state index is 12.2. The van der Waals surface area contributed by atoms with Crippen LogP contribution in [0, 0.1) is 16.0 Å².